The van der Waals surface area contributed by atoms with Crippen molar-refractivity contribution in [2.24, 2.45) is 5.92 Å². The molecule has 0 spiro atoms. The highest BCUT2D eigenvalue weighted by Crippen LogP contribution is 2.33. The second kappa shape index (κ2) is 8.36. The molecule has 2 aromatic carbocycles. The van der Waals surface area contributed by atoms with Gasteiger partial charge in [-0.05, 0) is 41.7 Å². The lowest BCUT2D eigenvalue weighted by Gasteiger charge is -2.14. The van der Waals surface area contributed by atoms with Gasteiger partial charge < -0.3 is 9.72 Å². The van der Waals surface area contributed by atoms with Crippen molar-refractivity contribution < 1.29 is 14.3 Å². The number of hydrogen-bond acceptors (Lipinski definition) is 3. The molecule has 1 aliphatic rings. The van der Waals surface area contributed by atoms with Crippen molar-refractivity contribution in [3.05, 3.63) is 70.9 Å². The molecule has 0 atom stereocenters. The minimum atomic E-state index is -0.448. The zero-order chi connectivity index (χ0) is 21.3. The molecule has 154 valence electrons. The highest BCUT2D eigenvalue weighted by atomic mass is 35.5. The number of amides is 2. The molecule has 0 radical (unpaired) electrons. The van der Waals surface area contributed by atoms with E-state index >= 15 is 0 Å². The Kier molecular flexibility index (Phi) is 5.64. The van der Waals surface area contributed by atoms with E-state index in [2.05, 4.69) is 18.8 Å². The molecule has 4 rings (SSSR count). The number of nitrogens with one attached hydrogen (secondary N) is 1. The minimum absolute atomic E-state index is 0.0326. The maximum absolute atomic E-state index is 13.0. The molecule has 2 amide bonds. The second-order valence-corrected chi connectivity index (χ2v) is 8.17. The number of aromatic amines is 1. The van der Waals surface area contributed by atoms with E-state index < -0.39 is 5.91 Å². The van der Waals surface area contributed by atoms with E-state index in [1.165, 1.54) is 4.90 Å². The average molecular weight is 423 g/mol. The summed E-state index contributed by atoms with van der Waals surface area (Å²) in [5.41, 5.74) is 2.95. The summed E-state index contributed by atoms with van der Waals surface area (Å²) >= 11 is 6.28. The molecule has 1 aromatic heterocycles. The fourth-order valence-corrected chi connectivity index (χ4v) is 3.84. The Hall–Kier alpha value is -3.05. The van der Waals surface area contributed by atoms with Gasteiger partial charge in [0.15, 0.2) is 0 Å². The van der Waals surface area contributed by atoms with Crippen LogP contribution in [0, 0.1) is 5.92 Å². The number of carbonyl (C=O) groups is 2. The molecule has 0 unspecified atom stereocenters. The first-order valence-corrected chi connectivity index (χ1v) is 10.4. The molecule has 3 aromatic rings. The highest BCUT2D eigenvalue weighted by molar-refractivity contribution is 6.55. The summed E-state index contributed by atoms with van der Waals surface area (Å²) in [6, 6.07) is 15.1. The Bertz CT molecular complexity index is 1130. The standard InChI is InChI=1S/C24H23ClN2O3/c1-15(2)14-30-18-9-7-16(8-10-18)21-22(25)24(29)27(23(21)28)12-11-17-13-26-20-6-4-3-5-19(17)20/h3-10,13,15,26H,11-12,14H2,1-2H3. The van der Waals surface area contributed by atoms with Gasteiger partial charge >= 0.3 is 0 Å². The van der Waals surface area contributed by atoms with E-state index in [4.69, 9.17) is 16.3 Å². The number of rotatable bonds is 7. The predicted octanol–water partition coefficient (Wildman–Crippen LogP) is 4.76. The fraction of sp³-hybridized carbons (Fsp3) is 0.250. The molecule has 0 saturated heterocycles. The molecule has 30 heavy (non-hydrogen) atoms. The number of carbonyl (C=O) groups excluding carboxylic acids is 2. The number of halogens is 1. The van der Waals surface area contributed by atoms with Crippen LogP contribution in [0.4, 0.5) is 0 Å². The smallest absolute Gasteiger partial charge is 0.273 e. The topological polar surface area (TPSA) is 62.4 Å². The first-order valence-electron chi connectivity index (χ1n) is 10.00. The highest BCUT2D eigenvalue weighted by Gasteiger charge is 2.37. The van der Waals surface area contributed by atoms with Crippen molar-refractivity contribution in [3.8, 4) is 5.75 Å². The number of ether oxygens (including phenoxy) is 1. The molecular weight excluding hydrogens is 400 g/mol. The van der Waals surface area contributed by atoms with E-state index in [0.717, 1.165) is 22.2 Å². The third kappa shape index (κ3) is 3.85. The predicted molar refractivity (Wildman–Crippen MR) is 118 cm³/mol. The molecular formula is C24H23ClN2O3. The van der Waals surface area contributed by atoms with Crippen molar-refractivity contribution >= 4 is 39.9 Å². The van der Waals surface area contributed by atoms with Crippen molar-refractivity contribution in [3.63, 3.8) is 0 Å². The van der Waals surface area contributed by atoms with Crippen molar-refractivity contribution in [1.82, 2.24) is 9.88 Å². The summed E-state index contributed by atoms with van der Waals surface area (Å²) < 4.78 is 5.68. The van der Waals surface area contributed by atoms with Crippen LogP contribution in [-0.4, -0.2) is 34.8 Å². The van der Waals surface area contributed by atoms with Gasteiger partial charge in [-0.3, -0.25) is 14.5 Å². The quantitative estimate of drug-likeness (QED) is 0.558. The Labute approximate surface area is 180 Å². The Morgan fingerprint density at radius 2 is 1.77 bits per heavy atom. The number of para-hydroxylation sites is 1. The molecule has 0 fully saturated rings. The van der Waals surface area contributed by atoms with Gasteiger partial charge in [-0.25, -0.2) is 0 Å². The van der Waals surface area contributed by atoms with Crippen LogP contribution >= 0.6 is 11.6 Å². The number of aromatic nitrogens is 1. The van der Waals surface area contributed by atoms with Crippen LogP contribution in [-0.2, 0) is 16.0 Å². The molecule has 1 N–H and O–H groups in total. The summed E-state index contributed by atoms with van der Waals surface area (Å²) in [6.07, 6.45) is 2.47. The van der Waals surface area contributed by atoms with E-state index in [1.807, 2.05) is 30.5 Å². The van der Waals surface area contributed by atoms with Crippen molar-refractivity contribution in [1.29, 1.82) is 0 Å². The van der Waals surface area contributed by atoms with E-state index in [0.29, 0.717) is 24.5 Å². The summed E-state index contributed by atoms with van der Waals surface area (Å²) in [5, 5.41) is 1.06. The van der Waals surface area contributed by atoms with E-state index in [9.17, 15) is 9.59 Å². The Morgan fingerprint density at radius 1 is 1.03 bits per heavy atom. The molecule has 0 aliphatic carbocycles. The van der Waals surface area contributed by atoms with E-state index in [-0.39, 0.29) is 23.1 Å². The summed E-state index contributed by atoms with van der Waals surface area (Å²) in [5.74, 6) is 0.330. The average Bonchev–Trinajstić information content (AvgIpc) is 3.24. The van der Waals surface area contributed by atoms with Gasteiger partial charge in [-0.2, -0.15) is 0 Å². The zero-order valence-electron chi connectivity index (χ0n) is 16.9. The number of benzene rings is 2. The lowest BCUT2D eigenvalue weighted by Crippen LogP contribution is -2.33. The first-order chi connectivity index (χ1) is 14.5. The number of nitrogens with zero attached hydrogens (tertiary/aromatic N) is 1. The summed E-state index contributed by atoms with van der Waals surface area (Å²) in [7, 11) is 0. The maximum Gasteiger partial charge on any atom is 0.273 e. The first kappa shape index (κ1) is 20.2. The maximum atomic E-state index is 13.0. The minimum Gasteiger partial charge on any atom is -0.493 e. The third-order valence-corrected chi connectivity index (χ3v) is 5.47. The molecule has 0 bridgehead atoms. The van der Waals surface area contributed by atoms with Crippen LogP contribution in [0.2, 0.25) is 0 Å². The monoisotopic (exact) mass is 422 g/mol. The number of fused-ring (bicyclic) bond motifs is 1. The third-order valence-electron chi connectivity index (χ3n) is 5.12. The van der Waals surface area contributed by atoms with Crippen molar-refractivity contribution in [2.75, 3.05) is 13.2 Å². The zero-order valence-corrected chi connectivity index (χ0v) is 17.7. The lowest BCUT2D eigenvalue weighted by atomic mass is 10.1. The van der Waals surface area contributed by atoms with Gasteiger partial charge in [-0.15, -0.1) is 0 Å². The van der Waals surface area contributed by atoms with Crippen LogP contribution in [0.3, 0.4) is 0 Å². The van der Waals surface area contributed by atoms with Gasteiger partial charge in [0.05, 0.1) is 12.2 Å². The lowest BCUT2D eigenvalue weighted by molar-refractivity contribution is -0.136. The Morgan fingerprint density at radius 3 is 2.50 bits per heavy atom. The largest absolute Gasteiger partial charge is 0.493 e. The van der Waals surface area contributed by atoms with Crippen LogP contribution in [0.5, 0.6) is 5.75 Å². The van der Waals surface area contributed by atoms with Crippen LogP contribution in [0.1, 0.15) is 25.0 Å². The number of imide groups is 1. The number of H-pyrrole nitrogens is 1. The number of hydrogen-bond donors (Lipinski definition) is 1. The summed E-state index contributed by atoms with van der Waals surface area (Å²) in [6.45, 7) is 5.04. The molecule has 0 saturated carbocycles. The van der Waals surface area contributed by atoms with Crippen LogP contribution < -0.4 is 4.74 Å². The van der Waals surface area contributed by atoms with Crippen LogP contribution in [0.15, 0.2) is 59.8 Å². The molecule has 2 heterocycles. The summed E-state index contributed by atoms with van der Waals surface area (Å²) in [4.78, 5) is 30.1. The van der Waals surface area contributed by atoms with E-state index in [1.54, 1.807) is 24.3 Å². The van der Waals surface area contributed by atoms with Crippen LogP contribution in [0.25, 0.3) is 16.5 Å². The molecule has 5 nitrogen and oxygen atoms in total. The second-order valence-electron chi connectivity index (χ2n) is 7.79. The van der Waals surface area contributed by atoms with Gasteiger partial charge in [0.2, 0.25) is 0 Å². The van der Waals surface area contributed by atoms with Gasteiger partial charge in [0, 0.05) is 23.6 Å². The SMILES string of the molecule is CC(C)COc1ccc(C2=C(Cl)C(=O)N(CCc3c[nH]c4ccccc34)C2=O)cc1. The molecule has 6 heteroatoms. The molecule has 1 aliphatic heterocycles. The van der Waals surface area contributed by atoms with Gasteiger partial charge in [0.25, 0.3) is 11.8 Å². The van der Waals surface area contributed by atoms with Gasteiger partial charge in [0.1, 0.15) is 10.8 Å². The van der Waals surface area contributed by atoms with Crippen molar-refractivity contribution in [2.45, 2.75) is 20.3 Å². The van der Waals surface area contributed by atoms with Gasteiger partial charge in [-0.1, -0.05) is 55.8 Å². The normalized spacial score (nSPS) is 14.5. The Balaban J connectivity index is 1.48. The fourth-order valence-electron chi connectivity index (χ4n) is 3.55.